The number of hydrogen-bond acceptors (Lipinski definition) is 4. The molecular formula is C16H27N3O. The van der Waals surface area contributed by atoms with Crippen LogP contribution in [0.15, 0.2) is 10.6 Å². The monoisotopic (exact) mass is 277 g/mol. The topological polar surface area (TPSA) is 41.3 Å². The van der Waals surface area contributed by atoms with Crippen molar-refractivity contribution in [3.05, 3.63) is 17.5 Å². The number of nitrogens with one attached hydrogen (secondary N) is 1. The van der Waals surface area contributed by atoms with E-state index in [4.69, 9.17) is 4.52 Å². The van der Waals surface area contributed by atoms with Crippen molar-refractivity contribution in [1.82, 2.24) is 15.4 Å². The van der Waals surface area contributed by atoms with E-state index in [9.17, 15) is 0 Å². The van der Waals surface area contributed by atoms with Crippen LogP contribution in [0.3, 0.4) is 0 Å². The van der Waals surface area contributed by atoms with Crippen molar-refractivity contribution in [2.75, 3.05) is 6.54 Å². The van der Waals surface area contributed by atoms with E-state index < -0.39 is 0 Å². The number of aromatic nitrogens is 1. The lowest BCUT2D eigenvalue weighted by Gasteiger charge is -2.31. The third-order valence-electron chi connectivity index (χ3n) is 4.78. The van der Waals surface area contributed by atoms with Gasteiger partial charge >= 0.3 is 0 Å². The summed E-state index contributed by atoms with van der Waals surface area (Å²) in [6, 6.07) is 3.40. The van der Waals surface area contributed by atoms with E-state index in [2.05, 4.69) is 35.3 Å². The Morgan fingerprint density at radius 2 is 2.20 bits per heavy atom. The summed E-state index contributed by atoms with van der Waals surface area (Å²) in [5.41, 5.74) is 1.02. The summed E-state index contributed by atoms with van der Waals surface area (Å²) in [7, 11) is 0. The van der Waals surface area contributed by atoms with Gasteiger partial charge in [-0.05, 0) is 31.7 Å². The number of nitrogens with zero attached hydrogens (tertiary/aromatic N) is 2. The fourth-order valence-electron chi connectivity index (χ4n) is 3.72. The van der Waals surface area contributed by atoms with Crippen LogP contribution in [-0.4, -0.2) is 28.7 Å². The Hall–Kier alpha value is -0.870. The first-order valence-corrected chi connectivity index (χ1v) is 8.14. The highest BCUT2D eigenvalue weighted by molar-refractivity contribution is 5.06. The highest BCUT2D eigenvalue weighted by Gasteiger charge is 2.35. The number of hydrogen-bond donors (Lipinski definition) is 1. The molecule has 2 unspecified atom stereocenters. The summed E-state index contributed by atoms with van der Waals surface area (Å²) < 4.78 is 5.51. The highest BCUT2D eigenvalue weighted by atomic mass is 16.5. The van der Waals surface area contributed by atoms with Gasteiger partial charge in [-0.1, -0.05) is 31.8 Å². The Balaban J connectivity index is 1.55. The van der Waals surface area contributed by atoms with E-state index in [1.54, 1.807) is 0 Å². The summed E-state index contributed by atoms with van der Waals surface area (Å²) in [6.07, 6.45) is 7.02. The average Bonchev–Trinajstić information content (AvgIpc) is 3.05. The van der Waals surface area contributed by atoms with Crippen LogP contribution in [-0.2, 0) is 13.1 Å². The van der Waals surface area contributed by atoms with E-state index in [0.29, 0.717) is 6.04 Å². The van der Waals surface area contributed by atoms with Crippen LogP contribution >= 0.6 is 0 Å². The standard InChI is InChI=1S/C16H27N3O/c1-12(2)17-10-14-9-15(20-18-14)11-19-8-7-13-5-3-4-6-16(13)19/h9,12-13,16-17H,3-8,10-11H2,1-2H3. The van der Waals surface area contributed by atoms with E-state index in [-0.39, 0.29) is 0 Å². The molecule has 0 bridgehead atoms. The van der Waals surface area contributed by atoms with Crippen LogP contribution < -0.4 is 5.32 Å². The third kappa shape index (κ3) is 3.23. The Morgan fingerprint density at radius 1 is 1.35 bits per heavy atom. The van der Waals surface area contributed by atoms with Crippen molar-refractivity contribution in [3.63, 3.8) is 0 Å². The number of fused-ring (bicyclic) bond motifs is 1. The van der Waals surface area contributed by atoms with Crippen molar-refractivity contribution in [3.8, 4) is 0 Å². The number of rotatable bonds is 5. The van der Waals surface area contributed by atoms with Gasteiger partial charge in [0, 0.05) is 24.7 Å². The molecule has 2 aliphatic rings. The lowest BCUT2D eigenvalue weighted by molar-refractivity contribution is 0.161. The van der Waals surface area contributed by atoms with E-state index >= 15 is 0 Å². The largest absolute Gasteiger partial charge is 0.360 e. The molecule has 4 nitrogen and oxygen atoms in total. The maximum atomic E-state index is 5.51. The van der Waals surface area contributed by atoms with Gasteiger partial charge in [0.2, 0.25) is 0 Å². The summed E-state index contributed by atoms with van der Waals surface area (Å²) in [5, 5.41) is 7.55. The molecule has 0 radical (unpaired) electrons. The van der Waals surface area contributed by atoms with Crippen LogP contribution in [0.25, 0.3) is 0 Å². The first-order valence-electron chi connectivity index (χ1n) is 8.14. The van der Waals surface area contributed by atoms with Gasteiger partial charge in [-0.3, -0.25) is 4.90 Å². The summed E-state index contributed by atoms with van der Waals surface area (Å²) in [6.45, 7) is 7.27. The summed E-state index contributed by atoms with van der Waals surface area (Å²) >= 11 is 0. The fraction of sp³-hybridized carbons (Fsp3) is 0.812. The smallest absolute Gasteiger partial charge is 0.151 e. The van der Waals surface area contributed by atoms with E-state index in [1.807, 2.05) is 0 Å². The maximum absolute atomic E-state index is 5.51. The second kappa shape index (κ2) is 6.27. The number of likely N-dealkylation sites (tertiary alicyclic amines) is 1. The van der Waals surface area contributed by atoms with Crippen molar-refractivity contribution in [2.45, 2.75) is 71.1 Å². The molecule has 1 aliphatic heterocycles. The highest BCUT2D eigenvalue weighted by Crippen LogP contribution is 2.36. The molecule has 3 rings (SSSR count). The van der Waals surface area contributed by atoms with Crippen molar-refractivity contribution >= 4 is 0 Å². The molecule has 4 heteroatoms. The van der Waals surface area contributed by atoms with Gasteiger partial charge in [-0.25, -0.2) is 0 Å². The second-order valence-electron chi connectivity index (χ2n) is 6.69. The van der Waals surface area contributed by atoms with Crippen molar-refractivity contribution in [2.24, 2.45) is 5.92 Å². The Labute approximate surface area is 121 Å². The molecular weight excluding hydrogens is 250 g/mol. The second-order valence-corrected chi connectivity index (χ2v) is 6.69. The zero-order chi connectivity index (χ0) is 13.9. The van der Waals surface area contributed by atoms with E-state index in [1.165, 1.54) is 38.6 Å². The molecule has 0 spiro atoms. The Bertz CT molecular complexity index is 429. The first kappa shape index (κ1) is 14.1. The van der Waals surface area contributed by atoms with Gasteiger partial charge in [-0.15, -0.1) is 0 Å². The Kier molecular flexibility index (Phi) is 4.41. The average molecular weight is 277 g/mol. The van der Waals surface area contributed by atoms with Crippen LogP contribution in [0.5, 0.6) is 0 Å². The van der Waals surface area contributed by atoms with Crippen molar-refractivity contribution < 1.29 is 4.52 Å². The maximum Gasteiger partial charge on any atom is 0.151 e. The van der Waals surface area contributed by atoms with Gasteiger partial charge in [0.1, 0.15) is 0 Å². The zero-order valence-electron chi connectivity index (χ0n) is 12.8. The molecule has 1 aromatic rings. The predicted octanol–water partition coefficient (Wildman–Crippen LogP) is 2.94. The minimum Gasteiger partial charge on any atom is -0.360 e. The Morgan fingerprint density at radius 3 is 3.05 bits per heavy atom. The minimum absolute atomic E-state index is 0.483. The minimum atomic E-state index is 0.483. The lowest BCUT2D eigenvalue weighted by Crippen LogP contribution is -2.34. The molecule has 0 amide bonds. The molecule has 1 aromatic heterocycles. The van der Waals surface area contributed by atoms with Gasteiger partial charge in [-0.2, -0.15) is 0 Å². The normalized spacial score (nSPS) is 27.1. The first-order chi connectivity index (χ1) is 9.72. The predicted molar refractivity (Wildman–Crippen MR) is 79.3 cm³/mol. The molecule has 112 valence electrons. The molecule has 2 fully saturated rings. The molecule has 1 aliphatic carbocycles. The zero-order valence-corrected chi connectivity index (χ0v) is 12.8. The van der Waals surface area contributed by atoms with Gasteiger partial charge < -0.3 is 9.84 Å². The van der Waals surface area contributed by atoms with Crippen LogP contribution in [0.1, 0.15) is 57.4 Å². The van der Waals surface area contributed by atoms with Crippen LogP contribution in [0.4, 0.5) is 0 Å². The lowest BCUT2D eigenvalue weighted by atomic mass is 9.85. The fourth-order valence-corrected chi connectivity index (χ4v) is 3.72. The van der Waals surface area contributed by atoms with Crippen LogP contribution in [0, 0.1) is 5.92 Å². The molecule has 1 N–H and O–H groups in total. The third-order valence-corrected chi connectivity index (χ3v) is 4.78. The summed E-state index contributed by atoms with van der Waals surface area (Å²) in [4.78, 5) is 2.62. The van der Waals surface area contributed by atoms with Gasteiger partial charge in [0.15, 0.2) is 5.76 Å². The molecule has 2 heterocycles. The molecule has 20 heavy (non-hydrogen) atoms. The SMILES string of the molecule is CC(C)NCc1cc(CN2CCC3CCCCC32)on1. The molecule has 1 saturated heterocycles. The molecule has 1 saturated carbocycles. The molecule has 2 atom stereocenters. The van der Waals surface area contributed by atoms with Crippen LogP contribution in [0.2, 0.25) is 0 Å². The quantitative estimate of drug-likeness (QED) is 0.898. The summed E-state index contributed by atoms with van der Waals surface area (Å²) in [5.74, 6) is 1.96. The van der Waals surface area contributed by atoms with Gasteiger partial charge in [0.05, 0.1) is 12.2 Å². The van der Waals surface area contributed by atoms with E-state index in [0.717, 1.165) is 36.5 Å². The molecule has 0 aromatic carbocycles. The van der Waals surface area contributed by atoms with Crippen molar-refractivity contribution in [1.29, 1.82) is 0 Å². The van der Waals surface area contributed by atoms with Gasteiger partial charge in [0.25, 0.3) is 0 Å².